The molecule has 1 N–H and O–H groups in total. The molecule has 1 aromatic rings. The van der Waals surface area contributed by atoms with Gasteiger partial charge in [0.05, 0.1) is 11.2 Å². The van der Waals surface area contributed by atoms with Crippen LogP contribution in [0.1, 0.15) is 32.4 Å². The fourth-order valence-electron chi connectivity index (χ4n) is 2.17. The molecule has 2 rings (SSSR count). The molecule has 1 saturated heterocycles. The molecule has 0 saturated carbocycles. The van der Waals surface area contributed by atoms with Crippen LogP contribution in [-0.2, 0) is 16.0 Å². The first-order chi connectivity index (χ1) is 9.05. The first-order valence-corrected chi connectivity index (χ1v) is 7.47. The summed E-state index contributed by atoms with van der Waals surface area (Å²) < 4.78 is 0. The molecule has 0 aromatic carbocycles. The van der Waals surface area contributed by atoms with Crippen molar-refractivity contribution in [1.82, 2.24) is 15.2 Å². The summed E-state index contributed by atoms with van der Waals surface area (Å²) in [7, 11) is 0. The summed E-state index contributed by atoms with van der Waals surface area (Å²) in [5.74, 6) is -0.0371. The molecule has 2 amide bonds. The van der Waals surface area contributed by atoms with Gasteiger partial charge in [-0.25, -0.2) is 4.98 Å². The van der Waals surface area contributed by atoms with Crippen LogP contribution in [0.5, 0.6) is 0 Å². The van der Waals surface area contributed by atoms with Crippen molar-refractivity contribution in [2.45, 2.75) is 38.6 Å². The van der Waals surface area contributed by atoms with E-state index in [0.717, 1.165) is 12.1 Å². The SMILES string of the molecule is CCC1(C)NC(=O)CCN(CCc2cscn2)C1=O. The second-order valence-corrected chi connectivity index (χ2v) is 5.72. The van der Waals surface area contributed by atoms with Crippen LogP contribution in [0, 0.1) is 0 Å². The number of aromatic nitrogens is 1. The molecule has 0 aliphatic carbocycles. The van der Waals surface area contributed by atoms with E-state index in [0.29, 0.717) is 25.9 Å². The first-order valence-electron chi connectivity index (χ1n) is 6.52. The van der Waals surface area contributed by atoms with Crippen molar-refractivity contribution in [1.29, 1.82) is 0 Å². The normalized spacial score (nSPS) is 24.2. The van der Waals surface area contributed by atoms with Gasteiger partial charge >= 0.3 is 0 Å². The lowest BCUT2D eigenvalue weighted by Gasteiger charge is -2.31. The predicted molar refractivity (Wildman–Crippen MR) is 73.9 cm³/mol. The van der Waals surface area contributed by atoms with Gasteiger partial charge in [-0.2, -0.15) is 0 Å². The fourth-order valence-corrected chi connectivity index (χ4v) is 2.77. The van der Waals surface area contributed by atoms with Crippen molar-refractivity contribution in [2.24, 2.45) is 0 Å². The maximum absolute atomic E-state index is 12.5. The monoisotopic (exact) mass is 281 g/mol. The van der Waals surface area contributed by atoms with Crippen molar-refractivity contribution in [3.63, 3.8) is 0 Å². The van der Waals surface area contributed by atoms with Crippen LogP contribution >= 0.6 is 11.3 Å². The van der Waals surface area contributed by atoms with Crippen LogP contribution in [0.4, 0.5) is 0 Å². The van der Waals surface area contributed by atoms with Crippen molar-refractivity contribution >= 4 is 23.2 Å². The van der Waals surface area contributed by atoms with E-state index in [4.69, 9.17) is 0 Å². The van der Waals surface area contributed by atoms with E-state index < -0.39 is 5.54 Å². The van der Waals surface area contributed by atoms with Gasteiger partial charge in [0.25, 0.3) is 0 Å². The Morgan fingerprint density at radius 3 is 2.95 bits per heavy atom. The van der Waals surface area contributed by atoms with Crippen LogP contribution in [0.25, 0.3) is 0 Å². The summed E-state index contributed by atoms with van der Waals surface area (Å²) in [6, 6.07) is 0. The molecule has 19 heavy (non-hydrogen) atoms. The highest BCUT2D eigenvalue weighted by Crippen LogP contribution is 2.18. The first kappa shape index (κ1) is 14.0. The van der Waals surface area contributed by atoms with Gasteiger partial charge in [0, 0.05) is 31.3 Å². The Balaban J connectivity index is 2.06. The lowest BCUT2D eigenvalue weighted by Crippen LogP contribution is -2.54. The Morgan fingerprint density at radius 1 is 1.53 bits per heavy atom. The molecule has 0 bridgehead atoms. The summed E-state index contributed by atoms with van der Waals surface area (Å²) in [6.45, 7) is 4.83. The summed E-state index contributed by atoms with van der Waals surface area (Å²) in [4.78, 5) is 30.2. The number of thiazole rings is 1. The average molecular weight is 281 g/mol. The highest BCUT2D eigenvalue weighted by Gasteiger charge is 2.38. The quantitative estimate of drug-likeness (QED) is 0.902. The van der Waals surface area contributed by atoms with E-state index in [-0.39, 0.29) is 11.8 Å². The lowest BCUT2D eigenvalue weighted by atomic mass is 9.97. The van der Waals surface area contributed by atoms with Gasteiger partial charge in [-0.1, -0.05) is 6.92 Å². The second-order valence-electron chi connectivity index (χ2n) is 5.01. The van der Waals surface area contributed by atoms with Gasteiger partial charge in [0.2, 0.25) is 11.8 Å². The summed E-state index contributed by atoms with van der Waals surface area (Å²) >= 11 is 1.55. The summed E-state index contributed by atoms with van der Waals surface area (Å²) in [6.07, 6.45) is 1.71. The molecule has 6 heteroatoms. The maximum atomic E-state index is 12.5. The third-order valence-electron chi connectivity index (χ3n) is 3.61. The molecular formula is C13H19N3O2S. The van der Waals surface area contributed by atoms with Crippen molar-refractivity contribution < 1.29 is 9.59 Å². The third kappa shape index (κ3) is 3.12. The zero-order valence-corrected chi connectivity index (χ0v) is 12.1. The topological polar surface area (TPSA) is 62.3 Å². The number of amides is 2. The number of nitrogens with one attached hydrogen (secondary N) is 1. The highest BCUT2D eigenvalue weighted by atomic mass is 32.1. The van der Waals surface area contributed by atoms with Gasteiger partial charge < -0.3 is 10.2 Å². The Morgan fingerprint density at radius 2 is 2.32 bits per heavy atom. The van der Waals surface area contributed by atoms with E-state index >= 15 is 0 Å². The number of carbonyl (C=O) groups excluding carboxylic acids is 2. The molecule has 1 atom stereocenters. The summed E-state index contributed by atoms with van der Waals surface area (Å²) in [5.41, 5.74) is 2.02. The zero-order chi connectivity index (χ0) is 13.9. The van der Waals surface area contributed by atoms with Crippen LogP contribution < -0.4 is 5.32 Å². The van der Waals surface area contributed by atoms with Crippen LogP contribution in [0.15, 0.2) is 10.9 Å². The molecule has 1 unspecified atom stereocenters. The standard InChI is InChI=1S/C13H19N3O2S/c1-3-13(2)12(18)16(7-5-11(17)15-13)6-4-10-8-19-9-14-10/h8-9H,3-7H2,1-2H3,(H,15,17). The van der Waals surface area contributed by atoms with Gasteiger partial charge in [0.1, 0.15) is 5.54 Å². The zero-order valence-electron chi connectivity index (χ0n) is 11.3. The van der Waals surface area contributed by atoms with E-state index in [1.807, 2.05) is 12.3 Å². The smallest absolute Gasteiger partial charge is 0.248 e. The number of hydrogen-bond donors (Lipinski definition) is 1. The lowest BCUT2D eigenvalue weighted by molar-refractivity contribution is -0.138. The Hall–Kier alpha value is -1.43. The number of carbonyl (C=O) groups is 2. The Bertz CT molecular complexity index is 460. The molecule has 2 heterocycles. The van der Waals surface area contributed by atoms with Crippen molar-refractivity contribution in [3.05, 3.63) is 16.6 Å². The van der Waals surface area contributed by atoms with E-state index in [2.05, 4.69) is 10.3 Å². The third-order valence-corrected chi connectivity index (χ3v) is 4.25. The molecule has 104 valence electrons. The van der Waals surface area contributed by atoms with Crippen LogP contribution in [-0.4, -0.2) is 40.3 Å². The Labute approximate surface area is 117 Å². The Kier molecular flexibility index (Phi) is 4.19. The van der Waals surface area contributed by atoms with Gasteiger partial charge in [-0.15, -0.1) is 11.3 Å². The van der Waals surface area contributed by atoms with E-state index in [9.17, 15) is 9.59 Å². The molecular weight excluding hydrogens is 262 g/mol. The van der Waals surface area contributed by atoms with E-state index in [1.54, 1.807) is 28.7 Å². The number of hydrogen-bond acceptors (Lipinski definition) is 4. The molecule has 1 fully saturated rings. The van der Waals surface area contributed by atoms with E-state index in [1.165, 1.54) is 0 Å². The number of nitrogens with zero attached hydrogens (tertiary/aromatic N) is 2. The van der Waals surface area contributed by atoms with Crippen LogP contribution in [0.3, 0.4) is 0 Å². The maximum Gasteiger partial charge on any atom is 0.248 e. The minimum atomic E-state index is -0.768. The summed E-state index contributed by atoms with van der Waals surface area (Å²) in [5, 5.41) is 4.82. The molecule has 1 aromatic heterocycles. The molecule has 1 aliphatic heterocycles. The minimum absolute atomic E-state index is 0.0103. The van der Waals surface area contributed by atoms with Crippen molar-refractivity contribution in [2.75, 3.05) is 13.1 Å². The second kappa shape index (κ2) is 5.69. The van der Waals surface area contributed by atoms with Crippen molar-refractivity contribution in [3.8, 4) is 0 Å². The minimum Gasteiger partial charge on any atom is -0.342 e. The van der Waals surface area contributed by atoms with Gasteiger partial charge in [-0.05, 0) is 13.3 Å². The van der Waals surface area contributed by atoms with Crippen LogP contribution in [0.2, 0.25) is 0 Å². The van der Waals surface area contributed by atoms with Gasteiger partial charge in [0.15, 0.2) is 0 Å². The largest absolute Gasteiger partial charge is 0.342 e. The number of rotatable bonds is 4. The molecule has 0 spiro atoms. The molecule has 1 aliphatic rings. The average Bonchev–Trinajstić information content (AvgIpc) is 2.87. The predicted octanol–water partition coefficient (Wildman–Crippen LogP) is 1.20. The van der Waals surface area contributed by atoms with Gasteiger partial charge in [-0.3, -0.25) is 9.59 Å². The molecule has 5 nitrogen and oxygen atoms in total. The molecule has 0 radical (unpaired) electrons. The highest BCUT2D eigenvalue weighted by molar-refractivity contribution is 7.07. The fraction of sp³-hybridized carbons (Fsp3) is 0.615.